The van der Waals surface area contributed by atoms with Crippen molar-refractivity contribution in [1.29, 1.82) is 0 Å². The van der Waals surface area contributed by atoms with Crippen LogP contribution in [0, 0.1) is 6.92 Å². The molecule has 6 heteroatoms. The zero-order valence-corrected chi connectivity index (χ0v) is 15.1. The Bertz CT molecular complexity index is 1280. The highest BCUT2D eigenvalue weighted by molar-refractivity contribution is 5.92. The number of pyridine rings is 1. The molecule has 6 nitrogen and oxygen atoms in total. The Morgan fingerprint density at radius 1 is 0.786 bits per heavy atom. The van der Waals surface area contributed by atoms with Gasteiger partial charge in [-0.25, -0.2) is 4.98 Å². The van der Waals surface area contributed by atoms with Crippen LogP contribution in [0.1, 0.15) is 5.69 Å². The number of rotatable bonds is 3. The lowest BCUT2D eigenvalue weighted by Crippen LogP contribution is -1.96. The molecule has 5 rings (SSSR count). The molecule has 0 amide bonds. The van der Waals surface area contributed by atoms with E-state index in [1.165, 1.54) is 0 Å². The minimum atomic E-state index is 0.346. The summed E-state index contributed by atoms with van der Waals surface area (Å²) in [6.45, 7) is 1.87. The van der Waals surface area contributed by atoms with Gasteiger partial charge in [-0.05, 0) is 25.1 Å². The largest absolute Gasteiger partial charge is 0.415 e. The van der Waals surface area contributed by atoms with Crippen molar-refractivity contribution in [3.8, 4) is 34.3 Å². The van der Waals surface area contributed by atoms with Crippen LogP contribution >= 0.6 is 0 Å². The molecule has 5 aromatic rings. The van der Waals surface area contributed by atoms with Crippen LogP contribution in [0.25, 0.3) is 45.2 Å². The fourth-order valence-corrected chi connectivity index (χ4v) is 3.11. The standard InChI is InChI=1S/C22H15N5O/c1-14-19(22-27-26-21(28-22)16-7-3-2-4-8-16)25-18(13-24-14)17-11-5-9-15-10-6-12-23-20(15)17/h2-13H,1H3. The Balaban J connectivity index is 1.62. The lowest BCUT2D eigenvalue weighted by Gasteiger charge is -2.07. The molecule has 0 bridgehead atoms. The van der Waals surface area contributed by atoms with Crippen molar-refractivity contribution in [1.82, 2.24) is 25.1 Å². The summed E-state index contributed by atoms with van der Waals surface area (Å²) < 4.78 is 5.87. The number of benzene rings is 2. The van der Waals surface area contributed by atoms with E-state index in [4.69, 9.17) is 9.40 Å². The SMILES string of the molecule is Cc1ncc(-c2cccc3cccnc23)nc1-c1nnc(-c2ccccc2)o1. The fraction of sp³-hybridized carbons (Fsp3) is 0.0455. The quantitative estimate of drug-likeness (QED) is 0.460. The number of para-hydroxylation sites is 1. The van der Waals surface area contributed by atoms with Gasteiger partial charge in [-0.3, -0.25) is 9.97 Å². The van der Waals surface area contributed by atoms with E-state index in [0.717, 1.165) is 27.7 Å². The lowest BCUT2D eigenvalue weighted by atomic mass is 10.1. The molecule has 0 N–H and O–H groups in total. The number of fused-ring (bicyclic) bond motifs is 1. The second kappa shape index (κ2) is 6.66. The van der Waals surface area contributed by atoms with Crippen molar-refractivity contribution >= 4 is 10.9 Å². The van der Waals surface area contributed by atoms with Gasteiger partial charge in [0.1, 0.15) is 5.69 Å². The molecule has 0 saturated carbocycles. The number of nitrogens with zero attached hydrogens (tertiary/aromatic N) is 5. The minimum absolute atomic E-state index is 0.346. The van der Waals surface area contributed by atoms with Crippen molar-refractivity contribution in [2.45, 2.75) is 6.92 Å². The second-order valence-electron chi connectivity index (χ2n) is 6.35. The van der Waals surface area contributed by atoms with E-state index < -0.39 is 0 Å². The Morgan fingerprint density at radius 2 is 1.61 bits per heavy atom. The van der Waals surface area contributed by atoms with Crippen molar-refractivity contribution in [2.24, 2.45) is 0 Å². The molecule has 134 valence electrons. The van der Waals surface area contributed by atoms with Gasteiger partial charge < -0.3 is 4.42 Å². The molecule has 3 aromatic heterocycles. The maximum Gasteiger partial charge on any atom is 0.268 e. The van der Waals surface area contributed by atoms with Gasteiger partial charge in [0.25, 0.3) is 5.89 Å². The summed E-state index contributed by atoms with van der Waals surface area (Å²) in [6, 6.07) is 19.6. The van der Waals surface area contributed by atoms with Crippen LogP contribution in [0.3, 0.4) is 0 Å². The first-order valence-corrected chi connectivity index (χ1v) is 8.87. The average Bonchev–Trinajstić information content (AvgIpc) is 3.24. The van der Waals surface area contributed by atoms with Gasteiger partial charge in [0.15, 0.2) is 0 Å². The van der Waals surface area contributed by atoms with Crippen LogP contribution in [0.5, 0.6) is 0 Å². The highest BCUT2D eigenvalue weighted by atomic mass is 16.4. The second-order valence-corrected chi connectivity index (χ2v) is 6.35. The zero-order chi connectivity index (χ0) is 18.9. The van der Waals surface area contributed by atoms with E-state index in [1.54, 1.807) is 12.4 Å². The van der Waals surface area contributed by atoms with Crippen molar-refractivity contribution in [2.75, 3.05) is 0 Å². The molecule has 0 fully saturated rings. The number of aromatic nitrogens is 5. The van der Waals surface area contributed by atoms with Crippen molar-refractivity contribution in [3.05, 3.63) is 78.8 Å². The first-order valence-electron chi connectivity index (χ1n) is 8.87. The highest BCUT2D eigenvalue weighted by Crippen LogP contribution is 2.29. The van der Waals surface area contributed by atoms with Gasteiger partial charge >= 0.3 is 0 Å². The van der Waals surface area contributed by atoms with Crippen LogP contribution in [0.15, 0.2) is 77.5 Å². The third-order valence-corrected chi connectivity index (χ3v) is 4.51. The summed E-state index contributed by atoms with van der Waals surface area (Å²) in [5.74, 6) is 0.799. The van der Waals surface area contributed by atoms with Crippen molar-refractivity contribution in [3.63, 3.8) is 0 Å². The number of aryl methyl sites for hydroxylation is 1. The summed E-state index contributed by atoms with van der Waals surface area (Å²) in [4.78, 5) is 13.8. The normalized spacial score (nSPS) is 11.0. The Hall–Kier alpha value is -3.93. The fourth-order valence-electron chi connectivity index (χ4n) is 3.11. The van der Waals surface area contributed by atoms with Crippen LogP contribution in [-0.4, -0.2) is 25.1 Å². The van der Waals surface area contributed by atoms with E-state index >= 15 is 0 Å². The van der Waals surface area contributed by atoms with Crippen LogP contribution in [-0.2, 0) is 0 Å². The molecule has 2 aromatic carbocycles. The van der Waals surface area contributed by atoms with Gasteiger partial charge in [-0.15, -0.1) is 10.2 Å². The molecular weight excluding hydrogens is 350 g/mol. The van der Waals surface area contributed by atoms with Crippen LogP contribution in [0.2, 0.25) is 0 Å². The molecule has 0 spiro atoms. The first-order chi connectivity index (χ1) is 13.8. The molecule has 0 unspecified atom stereocenters. The molecule has 28 heavy (non-hydrogen) atoms. The molecule has 0 aliphatic heterocycles. The average molecular weight is 365 g/mol. The van der Waals surface area contributed by atoms with Gasteiger partial charge in [0.2, 0.25) is 5.89 Å². The summed E-state index contributed by atoms with van der Waals surface area (Å²) >= 11 is 0. The van der Waals surface area contributed by atoms with E-state index in [-0.39, 0.29) is 0 Å². The van der Waals surface area contributed by atoms with Gasteiger partial charge in [0.05, 0.1) is 23.1 Å². The third-order valence-electron chi connectivity index (χ3n) is 4.51. The number of hydrogen-bond acceptors (Lipinski definition) is 6. The topological polar surface area (TPSA) is 77.6 Å². The van der Waals surface area contributed by atoms with Crippen LogP contribution in [0.4, 0.5) is 0 Å². The molecule has 0 saturated heterocycles. The monoisotopic (exact) mass is 365 g/mol. The third kappa shape index (κ3) is 2.81. The lowest BCUT2D eigenvalue weighted by molar-refractivity contribution is 0.581. The summed E-state index contributed by atoms with van der Waals surface area (Å²) in [5.41, 5.74) is 4.66. The summed E-state index contributed by atoms with van der Waals surface area (Å²) in [5, 5.41) is 9.39. The number of hydrogen-bond donors (Lipinski definition) is 0. The summed E-state index contributed by atoms with van der Waals surface area (Å²) in [6.07, 6.45) is 3.52. The predicted octanol–water partition coefficient (Wildman–Crippen LogP) is 4.72. The molecular formula is C22H15N5O. The summed E-state index contributed by atoms with van der Waals surface area (Å²) in [7, 11) is 0. The van der Waals surface area contributed by atoms with Gasteiger partial charge in [0, 0.05) is 22.7 Å². The predicted molar refractivity (Wildman–Crippen MR) is 106 cm³/mol. The Labute approximate surface area is 161 Å². The molecule has 3 heterocycles. The minimum Gasteiger partial charge on any atom is -0.415 e. The smallest absolute Gasteiger partial charge is 0.268 e. The Kier molecular flexibility index (Phi) is 3.87. The highest BCUT2D eigenvalue weighted by Gasteiger charge is 2.17. The zero-order valence-electron chi connectivity index (χ0n) is 15.1. The van der Waals surface area contributed by atoms with Gasteiger partial charge in [-0.2, -0.15) is 0 Å². The van der Waals surface area contributed by atoms with Crippen LogP contribution < -0.4 is 0 Å². The molecule has 0 aliphatic carbocycles. The Morgan fingerprint density at radius 3 is 2.50 bits per heavy atom. The van der Waals surface area contributed by atoms with Gasteiger partial charge in [-0.1, -0.05) is 42.5 Å². The molecule has 0 atom stereocenters. The van der Waals surface area contributed by atoms with E-state index in [1.807, 2.05) is 67.6 Å². The molecule has 0 aliphatic rings. The van der Waals surface area contributed by atoms with E-state index in [9.17, 15) is 0 Å². The molecule has 0 radical (unpaired) electrons. The maximum absolute atomic E-state index is 5.87. The van der Waals surface area contributed by atoms with E-state index in [2.05, 4.69) is 20.2 Å². The first kappa shape index (κ1) is 16.3. The maximum atomic E-state index is 5.87. The van der Waals surface area contributed by atoms with E-state index in [0.29, 0.717) is 23.2 Å². The van der Waals surface area contributed by atoms with Crippen molar-refractivity contribution < 1.29 is 4.42 Å².